The van der Waals surface area contributed by atoms with Crippen molar-refractivity contribution in [3.8, 4) is 0 Å². The fraction of sp³-hybridized carbons (Fsp3) is 0.636. The minimum Gasteiger partial charge on any atom is -0.480 e. The lowest BCUT2D eigenvalue weighted by Crippen LogP contribution is -2.46. The largest absolute Gasteiger partial charge is 0.480 e. The van der Waals surface area contributed by atoms with Gasteiger partial charge in [-0.2, -0.15) is 5.10 Å². The van der Waals surface area contributed by atoms with E-state index in [-0.39, 0.29) is 28.9 Å². The lowest BCUT2D eigenvalue weighted by Gasteiger charge is -2.31. The van der Waals surface area contributed by atoms with E-state index in [1.807, 2.05) is 0 Å². The van der Waals surface area contributed by atoms with Gasteiger partial charge in [-0.1, -0.05) is 0 Å². The standard InChI is InChI=1S/C11H17N3O5S/c1-6-11(7(2)14(12-6)5-10(16)17)20(18,19)13-8-3-9(15)4-8/h8-9,13,15H,3-5H2,1-2H3,(H,16,17). The summed E-state index contributed by atoms with van der Waals surface area (Å²) in [6.45, 7) is 2.66. The molecule has 1 aliphatic rings. The number of carboxylic acids is 1. The summed E-state index contributed by atoms with van der Waals surface area (Å²) < 4.78 is 28.2. The van der Waals surface area contributed by atoms with Crippen molar-refractivity contribution in [2.75, 3.05) is 0 Å². The molecule has 0 spiro atoms. The Labute approximate surface area is 116 Å². The molecule has 2 rings (SSSR count). The number of aromatic nitrogens is 2. The summed E-state index contributed by atoms with van der Waals surface area (Å²) in [6, 6.07) is -0.281. The van der Waals surface area contributed by atoms with Gasteiger partial charge in [-0.25, -0.2) is 13.1 Å². The topological polar surface area (TPSA) is 122 Å². The summed E-state index contributed by atoms with van der Waals surface area (Å²) in [5.41, 5.74) is 0.549. The summed E-state index contributed by atoms with van der Waals surface area (Å²) in [5.74, 6) is -1.09. The number of aliphatic carboxylic acids is 1. The Morgan fingerprint density at radius 3 is 2.55 bits per heavy atom. The molecule has 0 radical (unpaired) electrons. The molecule has 9 heteroatoms. The second-order valence-corrected chi connectivity index (χ2v) is 6.65. The fourth-order valence-corrected chi connectivity index (χ4v) is 3.99. The van der Waals surface area contributed by atoms with E-state index >= 15 is 0 Å². The molecule has 1 aromatic heterocycles. The van der Waals surface area contributed by atoms with Crippen LogP contribution in [0.3, 0.4) is 0 Å². The number of sulfonamides is 1. The van der Waals surface area contributed by atoms with Gasteiger partial charge in [0.05, 0.1) is 17.5 Å². The smallest absolute Gasteiger partial charge is 0.325 e. The zero-order chi connectivity index (χ0) is 15.1. The Morgan fingerprint density at radius 1 is 1.45 bits per heavy atom. The van der Waals surface area contributed by atoms with E-state index in [9.17, 15) is 18.3 Å². The van der Waals surface area contributed by atoms with Gasteiger partial charge in [0.1, 0.15) is 11.4 Å². The van der Waals surface area contributed by atoms with Gasteiger partial charge >= 0.3 is 5.97 Å². The van der Waals surface area contributed by atoms with Crippen molar-refractivity contribution in [3.05, 3.63) is 11.4 Å². The number of carbonyl (C=O) groups is 1. The van der Waals surface area contributed by atoms with Gasteiger partial charge in [0.2, 0.25) is 10.0 Å². The van der Waals surface area contributed by atoms with Gasteiger partial charge in [0.15, 0.2) is 0 Å². The van der Waals surface area contributed by atoms with E-state index < -0.39 is 22.1 Å². The van der Waals surface area contributed by atoms with E-state index in [0.717, 1.165) is 4.68 Å². The summed E-state index contributed by atoms with van der Waals surface area (Å²) in [7, 11) is -3.76. The number of carboxylic acid groups (broad SMARTS) is 1. The van der Waals surface area contributed by atoms with E-state index in [0.29, 0.717) is 12.8 Å². The number of aliphatic hydroxyl groups is 1. The van der Waals surface area contributed by atoms with Gasteiger partial charge in [0.25, 0.3) is 0 Å². The van der Waals surface area contributed by atoms with E-state index in [1.165, 1.54) is 13.8 Å². The molecular formula is C11H17N3O5S. The van der Waals surface area contributed by atoms with Crippen LogP contribution in [0, 0.1) is 13.8 Å². The van der Waals surface area contributed by atoms with E-state index in [1.54, 1.807) is 0 Å². The predicted molar refractivity (Wildman–Crippen MR) is 68.7 cm³/mol. The van der Waals surface area contributed by atoms with E-state index in [2.05, 4.69) is 9.82 Å². The SMILES string of the molecule is Cc1nn(CC(=O)O)c(C)c1S(=O)(=O)NC1CC(O)C1. The molecular weight excluding hydrogens is 286 g/mol. The summed E-state index contributed by atoms with van der Waals surface area (Å²) in [6.07, 6.45) is 0.320. The molecule has 0 bridgehead atoms. The Kier molecular flexibility index (Phi) is 3.85. The molecule has 1 saturated carbocycles. The lowest BCUT2D eigenvalue weighted by molar-refractivity contribution is -0.137. The maximum Gasteiger partial charge on any atom is 0.325 e. The highest BCUT2D eigenvalue weighted by Crippen LogP contribution is 2.24. The molecule has 1 fully saturated rings. The molecule has 0 atom stereocenters. The summed E-state index contributed by atoms with van der Waals surface area (Å²) in [5, 5.41) is 21.9. The Hall–Kier alpha value is -1.45. The van der Waals surface area contributed by atoms with Crippen LogP contribution >= 0.6 is 0 Å². The molecule has 0 unspecified atom stereocenters. The maximum atomic E-state index is 12.3. The van der Waals surface area contributed by atoms with Gasteiger partial charge in [-0.3, -0.25) is 9.48 Å². The zero-order valence-electron chi connectivity index (χ0n) is 11.2. The molecule has 0 amide bonds. The molecule has 0 aromatic carbocycles. The van der Waals surface area contributed by atoms with Gasteiger partial charge in [-0.05, 0) is 26.7 Å². The number of hydrogen-bond donors (Lipinski definition) is 3. The predicted octanol–water partition coefficient (Wildman–Crippen LogP) is -0.614. The number of nitrogens with zero attached hydrogens (tertiary/aromatic N) is 2. The van der Waals surface area contributed by atoms with Crippen molar-refractivity contribution in [2.45, 2.75) is 50.3 Å². The van der Waals surface area contributed by atoms with Crippen LogP contribution < -0.4 is 4.72 Å². The molecule has 112 valence electrons. The second kappa shape index (κ2) is 5.15. The highest BCUT2D eigenvalue weighted by Gasteiger charge is 2.33. The summed E-state index contributed by atoms with van der Waals surface area (Å²) in [4.78, 5) is 10.7. The van der Waals surface area contributed by atoms with Crippen LogP contribution in [-0.4, -0.2) is 46.5 Å². The molecule has 8 nitrogen and oxygen atoms in total. The Balaban J connectivity index is 2.27. The summed E-state index contributed by atoms with van der Waals surface area (Å²) >= 11 is 0. The zero-order valence-corrected chi connectivity index (χ0v) is 12.0. The minimum absolute atomic E-state index is 0.0140. The number of hydrogen-bond acceptors (Lipinski definition) is 5. The normalized spacial score (nSPS) is 22.6. The van der Waals surface area contributed by atoms with Crippen LogP contribution in [0.15, 0.2) is 4.90 Å². The second-order valence-electron chi connectivity index (χ2n) is 4.99. The third-order valence-corrected chi connectivity index (χ3v) is 5.08. The van der Waals surface area contributed by atoms with E-state index in [4.69, 9.17) is 5.11 Å². The van der Waals surface area contributed by atoms with Gasteiger partial charge in [0, 0.05) is 6.04 Å². The van der Waals surface area contributed by atoms with Crippen molar-refractivity contribution in [1.82, 2.24) is 14.5 Å². The average Bonchev–Trinajstić information content (AvgIpc) is 2.51. The quantitative estimate of drug-likeness (QED) is 0.667. The molecule has 0 saturated heterocycles. The molecule has 0 aliphatic heterocycles. The molecule has 20 heavy (non-hydrogen) atoms. The third kappa shape index (κ3) is 2.84. The highest BCUT2D eigenvalue weighted by atomic mass is 32.2. The number of aliphatic hydroxyl groups excluding tert-OH is 1. The Morgan fingerprint density at radius 2 is 2.05 bits per heavy atom. The van der Waals surface area contributed by atoms with Crippen molar-refractivity contribution in [1.29, 1.82) is 0 Å². The first-order valence-corrected chi connectivity index (χ1v) is 7.65. The molecule has 1 aliphatic carbocycles. The highest BCUT2D eigenvalue weighted by molar-refractivity contribution is 7.89. The van der Waals surface area contributed by atoms with Crippen LogP contribution in [0.25, 0.3) is 0 Å². The molecule has 1 aromatic rings. The fourth-order valence-electron chi connectivity index (χ4n) is 2.31. The molecule has 1 heterocycles. The van der Waals surface area contributed by atoms with Crippen molar-refractivity contribution in [3.63, 3.8) is 0 Å². The first-order chi connectivity index (χ1) is 9.20. The van der Waals surface area contributed by atoms with Gasteiger partial charge in [-0.15, -0.1) is 0 Å². The van der Waals surface area contributed by atoms with Crippen molar-refractivity contribution in [2.24, 2.45) is 0 Å². The lowest BCUT2D eigenvalue weighted by atomic mass is 9.91. The maximum absolute atomic E-state index is 12.3. The first-order valence-electron chi connectivity index (χ1n) is 6.17. The number of aryl methyl sites for hydroxylation is 1. The van der Waals surface area contributed by atoms with Crippen LogP contribution in [-0.2, 0) is 21.4 Å². The average molecular weight is 303 g/mol. The number of rotatable bonds is 5. The van der Waals surface area contributed by atoms with Crippen molar-refractivity contribution < 1.29 is 23.4 Å². The van der Waals surface area contributed by atoms with Gasteiger partial charge < -0.3 is 10.2 Å². The minimum atomic E-state index is -3.76. The van der Waals surface area contributed by atoms with Crippen LogP contribution in [0.5, 0.6) is 0 Å². The van der Waals surface area contributed by atoms with Crippen LogP contribution in [0.4, 0.5) is 0 Å². The third-order valence-electron chi connectivity index (χ3n) is 3.30. The Bertz CT molecular complexity index is 631. The van der Waals surface area contributed by atoms with Crippen LogP contribution in [0.1, 0.15) is 24.2 Å². The van der Waals surface area contributed by atoms with Crippen LogP contribution in [0.2, 0.25) is 0 Å². The monoisotopic (exact) mass is 303 g/mol. The number of nitrogens with one attached hydrogen (secondary N) is 1. The van der Waals surface area contributed by atoms with Crippen molar-refractivity contribution >= 4 is 16.0 Å². The molecule has 3 N–H and O–H groups in total. The first kappa shape index (κ1) is 14.9.